The van der Waals surface area contributed by atoms with Gasteiger partial charge in [-0.1, -0.05) is 61.5 Å². The lowest BCUT2D eigenvalue weighted by Crippen LogP contribution is -2.40. The van der Waals surface area contributed by atoms with Gasteiger partial charge in [-0.15, -0.1) is 0 Å². The topological polar surface area (TPSA) is 37.3 Å². The van der Waals surface area contributed by atoms with E-state index in [2.05, 4.69) is 97.9 Å². The summed E-state index contributed by atoms with van der Waals surface area (Å²) in [6.07, 6.45) is 5.60. The lowest BCUT2D eigenvalue weighted by atomic mass is 9.59. The number of hydrogen-bond donors (Lipinski definition) is 1. The zero-order valence-electron chi connectivity index (χ0n) is 19.7. The van der Waals surface area contributed by atoms with Crippen LogP contribution in [0.4, 0.5) is 0 Å². The van der Waals surface area contributed by atoms with E-state index < -0.39 is 11.4 Å². The molecule has 3 heteroatoms. The van der Waals surface area contributed by atoms with Crippen molar-refractivity contribution in [2.24, 2.45) is 23.2 Å². The summed E-state index contributed by atoms with van der Waals surface area (Å²) in [4.78, 5) is 15.3. The molecule has 0 radical (unpaired) electrons. The molecule has 3 aromatic carbocycles. The van der Waals surface area contributed by atoms with Crippen LogP contribution in [0.15, 0.2) is 106 Å². The Bertz CT molecular complexity index is 907. The fraction of sp³-hybridized carbons (Fsp3) is 0.367. The summed E-state index contributed by atoms with van der Waals surface area (Å²) in [5, 5.41) is 9.22. The Labute approximate surface area is 201 Å². The maximum Gasteiger partial charge on any atom is 0.309 e. The quantitative estimate of drug-likeness (QED) is 0.406. The number of fused-ring (bicyclic) bond motifs is 2. The SMILES string of the molecule is CC1CC2CC(C1)CC(C)(C(=O)O)C2.c1ccc([S+](c2ccccc2)c2ccccc2)cc1. The Balaban J connectivity index is 0.000000165. The highest BCUT2D eigenvalue weighted by molar-refractivity contribution is 7.97. The molecule has 33 heavy (non-hydrogen) atoms. The van der Waals surface area contributed by atoms with E-state index in [0.29, 0.717) is 11.8 Å². The van der Waals surface area contributed by atoms with Crippen molar-refractivity contribution in [3.63, 3.8) is 0 Å². The summed E-state index contributed by atoms with van der Waals surface area (Å²) < 4.78 is 0. The third-order valence-electron chi connectivity index (χ3n) is 7.07. The van der Waals surface area contributed by atoms with E-state index in [-0.39, 0.29) is 10.9 Å². The summed E-state index contributed by atoms with van der Waals surface area (Å²) in [6, 6.07) is 32.2. The van der Waals surface area contributed by atoms with Crippen molar-refractivity contribution >= 4 is 16.9 Å². The van der Waals surface area contributed by atoms with Crippen LogP contribution in [0.2, 0.25) is 0 Å². The first-order chi connectivity index (χ1) is 15.9. The van der Waals surface area contributed by atoms with Gasteiger partial charge in [0.1, 0.15) is 0 Å². The molecule has 2 unspecified atom stereocenters. The molecule has 0 amide bonds. The largest absolute Gasteiger partial charge is 0.481 e. The molecule has 0 aliphatic heterocycles. The molecule has 0 aromatic heterocycles. The summed E-state index contributed by atoms with van der Waals surface area (Å²) in [7, 11) is -0.0146. The van der Waals surface area contributed by atoms with E-state index >= 15 is 0 Å². The van der Waals surface area contributed by atoms with Gasteiger partial charge in [-0.3, -0.25) is 4.79 Å². The molecule has 2 fully saturated rings. The number of hydrogen-bond acceptors (Lipinski definition) is 1. The van der Waals surface area contributed by atoms with E-state index in [4.69, 9.17) is 0 Å². The standard InChI is InChI=1S/C18H15S.C12H20O2/c1-4-10-16(11-5-1)19(17-12-6-2-7-13-17)18-14-8-3-9-15-18;1-8-3-9-5-10(4-8)7-12(2,6-9)11(13)14/h1-15H;8-10H,3-7H2,1-2H3,(H,13,14)/q+1;. The predicted octanol–water partition coefficient (Wildman–Crippen LogP) is 7.71. The Morgan fingerprint density at radius 1 is 0.727 bits per heavy atom. The number of aliphatic carboxylic acids is 1. The van der Waals surface area contributed by atoms with Crippen LogP contribution in [-0.2, 0) is 15.7 Å². The third kappa shape index (κ3) is 5.89. The first-order valence-electron chi connectivity index (χ1n) is 12.1. The van der Waals surface area contributed by atoms with Gasteiger partial charge in [-0.2, -0.15) is 0 Å². The Kier molecular flexibility index (Phi) is 7.60. The van der Waals surface area contributed by atoms with Crippen LogP contribution in [0.5, 0.6) is 0 Å². The summed E-state index contributed by atoms with van der Waals surface area (Å²) >= 11 is 0. The van der Waals surface area contributed by atoms with Gasteiger partial charge >= 0.3 is 5.97 Å². The second kappa shape index (κ2) is 10.6. The molecule has 5 rings (SSSR count). The van der Waals surface area contributed by atoms with Gasteiger partial charge in [-0.05, 0) is 93.2 Å². The molecule has 0 heterocycles. The molecule has 0 saturated heterocycles. The van der Waals surface area contributed by atoms with E-state index in [1.807, 2.05) is 6.92 Å². The highest BCUT2D eigenvalue weighted by atomic mass is 32.2. The van der Waals surface area contributed by atoms with Gasteiger partial charge in [0.15, 0.2) is 14.7 Å². The Hall–Kier alpha value is -2.52. The molecular weight excluding hydrogens is 424 g/mol. The van der Waals surface area contributed by atoms with Crippen LogP contribution in [0.3, 0.4) is 0 Å². The molecule has 2 atom stereocenters. The van der Waals surface area contributed by atoms with Crippen molar-refractivity contribution in [1.82, 2.24) is 0 Å². The average molecular weight is 460 g/mol. The number of carbonyl (C=O) groups is 1. The van der Waals surface area contributed by atoms with E-state index in [1.54, 1.807) is 0 Å². The maximum atomic E-state index is 11.2. The fourth-order valence-corrected chi connectivity index (χ4v) is 7.95. The lowest BCUT2D eigenvalue weighted by molar-refractivity contribution is -0.153. The molecule has 1 N–H and O–H groups in total. The first-order valence-corrected chi connectivity index (χ1v) is 13.3. The molecule has 0 spiro atoms. The second-order valence-corrected chi connectivity index (χ2v) is 12.1. The third-order valence-corrected chi connectivity index (χ3v) is 9.30. The molecule has 172 valence electrons. The van der Waals surface area contributed by atoms with Crippen LogP contribution in [0, 0.1) is 23.2 Å². The zero-order valence-corrected chi connectivity index (χ0v) is 20.5. The minimum atomic E-state index is -0.582. The monoisotopic (exact) mass is 459 g/mol. The van der Waals surface area contributed by atoms with Crippen molar-refractivity contribution in [3.05, 3.63) is 91.0 Å². The highest BCUT2D eigenvalue weighted by Gasteiger charge is 2.45. The minimum absolute atomic E-state index is 0.0146. The lowest BCUT2D eigenvalue weighted by Gasteiger charge is -2.45. The van der Waals surface area contributed by atoms with Gasteiger partial charge in [0.2, 0.25) is 0 Å². The Morgan fingerprint density at radius 3 is 1.42 bits per heavy atom. The number of benzene rings is 3. The Morgan fingerprint density at radius 2 is 1.09 bits per heavy atom. The average Bonchev–Trinajstić information content (AvgIpc) is 2.81. The maximum absolute atomic E-state index is 11.2. The van der Waals surface area contributed by atoms with Crippen molar-refractivity contribution in [2.75, 3.05) is 0 Å². The summed E-state index contributed by atoms with van der Waals surface area (Å²) in [5.74, 6) is 1.59. The molecule has 2 bridgehead atoms. The van der Waals surface area contributed by atoms with Crippen molar-refractivity contribution in [2.45, 2.75) is 60.6 Å². The van der Waals surface area contributed by atoms with Gasteiger partial charge in [-0.25, -0.2) is 0 Å². The molecule has 2 aliphatic carbocycles. The summed E-state index contributed by atoms with van der Waals surface area (Å²) in [5.41, 5.74) is -0.423. The molecular formula is C30H35O2S+. The molecule has 3 aromatic rings. The van der Waals surface area contributed by atoms with Crippen LogP contribution in [-0.4, -0.2) is 11.1 Å². The van der Waals surface area contributed by atoms with Gasteiger partial charge in [0.05, 0.1) is 16.3 Å². The van der Waals surface area contributed by atoms with Crippen molar-refractivity contribution < 1.29 is 9.90 Å². The zero-order chi connectivity index (χ0) is 23.3. The van der Waals surface area contributed by atoms with Crippen molar-refractivity contribution in [1.29, 1.82) is 0 Å². The molecule has 2 nitrogen and oxygen atoms in total. The second-order valence-electron chi connectivity index (χ2n) is 10.1. The number of rotatable bonds is 4. The van der Waals surface area contributed by atoms with Crippen molar-refractivity contribution in [3.8, 4) is 0 Å². The normalized spacial score (nSPS) is 26.2. The van der Waals surface area contributed by atoms with Crippen LogP contribution in [0.1, 0.15) is 46.0 Å². The van der Waals surface area contributed by atoms with E-state index in [0.717, 1.165) is 18.8 Å². The molecule has 2 aliphatic rings. The number of carboxylic acids is 1. The van der Waals surface area contributed by atoms with Gasteiger partial charge in [0.25, 0.3) is 0 Å². The summed E-state index contributed by atoms with van der Waals surface area (Å²) in [6.45, 7) is 4.24. The van der Waals surface area contributed by atoms with E-state index in [9.17, 15) is 9.90 Å². The highest BCUT2D eigenvalue weighted by Crippen LogP contribution is 2.50. The smallest absolute Gasteiger partial charge is 0.309 e. The van der Waals surface area contributed by atoms with Gasteiger partial charge in [0, 0.05) is 0 Å². The van der Waals surface area contributed by atoms with Crippen LogP contribution < -0.4 is 0 Å². The predicted molar refractivity (Wildman–Crippen MR) is 136 cm³/mol. The molecule has 2 saturated carbocycles. The first kappa shape index (κ1) is 23.6. The van der Waals surface area contributed by atoms with Gasteiger partial charge < -0.3 is 5.11 Å². The number of carboxylic acid groups (broad SMARTS) is 1. The minimum Gasteiger partial charge on any atom is -0.481 e. The van der Waals surface area contributed by atoms with Crippen LogP contribution >= 0.6 is 0 Å². The van der Waals surface area contributed by atoms with Crippen LogP contribution in [0.25, 0.3) is 0 Å². The fourth-order valence-electron chi connectivity index (χ4n) is 5.84. The van der Waals surface area contributed by atoms with E-state index in [1.165, 1.54) is 33.9 Å².